The molecule has 0 aliphatic carbocycles. The lowest BCUT2D eigenvalue weighted by atomic mass is 10.1. The van der Waals surface area contributed by atoms with Gasteiger partial charge in [0.05, 0.1) is 6.54 Å². The Balaban J connectivity index is 1.86. The Labute approximate surface area is 134 Å². The van der Waals surface area contributed by atoms with Crippen LogP contribution in [0, 0.1) is 6.92 Å². The highest BCUT2D eigenvalue weighted by Gasteiger charge is 2.29. The average molecular weight is 318 g/mol. The average Bonchev–Trinajstić information content (AvgIpc) is 3.10. The minimum absolute atomic E-state index is 0.0403. The fourth-order valence-electron chi connectivity index (χ4n) is 2.73. The predicted octanol–water partition coefficient (Wildman–Crippen LogP) is 1.64. The number of aromatic nitrogens is 4. The van der Waals surface area contributed by atoms with Crippen molar-refractivity contribution in [2.24, 2.45) is 7.05 Å². The summed E-state index contributed by atoms with van der Waals surface area (Å²) in [4.78, 5) is 18.4. The van der Waals surface area contributed by atoms with Crippen molar-refractivity contribution in [3.8, 4) is 11.6 Å². The second-order valence-electron chi connectivity index (χ2n) is 5.97. The topological polar surface area (TPSA) is 89.1 Å². The number of amides is 2. The second-order valence-corrected chi connectivity index (χ2v) is 5.97. The van der Waals surface area contributed by atoms with E-state index in [0.717, 1.165) is 24.1 Å². The van der Waals surface area contributed by atoms with Crippen LogP contribution in [0.5, 0.6) is 0 Å². The summed E-state index contributed by atoms with van der Waals surface area (Å²) in [7, 11) is 1.90. The van der Waals surface area contributed by atoms with Gasteiger partial charge in [-0.05, 0) is 20.3 Å². The molecule has 2 aromatic heterocycles. The van der Waals surface area contributed by atoms with Gasteiger partial charge in [-0.25, -0.2) is 4.79 Å². The summed E-state index contributed by atoms with van der Waals surface area (Å²) in [5.41, 5.74) is 2.77. The molecule has 3 heterocycles. The quantitative estimate of drug-likeness (QED) is 0.929. The number of urea groups is 1. The molecule has 1 unspecified atom stereocenters. The van der Waals surface area contributed by atoms with Gasteiger partial charge in [0.2, 0.25) is 0 Å². The van der Waals surface area contributed by atoms with Crippen LogP contribution in [0.4, 0.5) is 4.79 Å². The second kappa shape index (κ2) is 6.02. The monoisotopic (exact) mass is 318 g/mol. The molecule has 1 N–H and O–H groups in total. The smallest absolute Gasteiger partial charge is 0.317 e. The van der Waals surface area contributed by atoms with Crippen LogP contribution >= 0.6 is 0 Å². The summed E-state index contributed by atoms with van der Waals surface area (Å²) in [5, 5.41) is 11.3. The molecular weight excluding hydrogens is 296 g/mol. The third kappa shape index (κ3) is 2.93. The van der Waals surface area contributed by atoms with Crippen LogP contribution in [0.25, 0.3) is 11.6 Å². The minimum Gasteiger partial charge on any atom is -0.336 e. The lowest BCUT2D eigenvalue weighted by molar-refractivity contribution is 0.188. The van der Waals surface area contributed by atoms with Crippen LogP contribution in [0.15, 0.2) is 4.52 Å². The molecule has 0 saturated carbocycles. The third-order valence-electron chi connectivity index (χ3n) is 4.24. The van der Waals surface area contributed by atoms with Crippen molar-refractivity contribution in [3.05, 3.63) is 17.1 Å². The number of carbonyl (C=O) groups excluding carboxylic acids is 1. The van der Waals surface area contributed by atoms with E-state index in [4.69, 9.17) is 4.52 Å². The zero-order chi connectivity index (χ0) is 16.6. The van der Waals surface area contributed by atoms with E-state index in [1.54, 1.807) is 6.92 Å². The van der Waals surface area contributed by atoms with Crippen molar-refractivity contribution in [1.29, 1.82) is 0 Å². The van der Waals surface area contributed by atoms with E-state index in [0.29, 0.717) is 30.5 Å². The van der Waals surface area contributed by atoms with E-state index < -0.39 is 0 Å². The normalized spacial score (nSPS) is 15.4. The highest BCUT2D eigenvalue weighted by Crippen LogP contribution is 2.28. The first-order valence-corrected chi connectivity index (χ1v) is 7.90. The lowest BCUT2D eigenvalue weighted by Gasteiger charge is -2.28. The Kier molecular flexibility index (Phi) is 4.06. The van der Waals surface area contributed by atoms with Crippen molar-refractivity contribution in [3.63, 3.8) is 0 Å². The van der Waals surface area contributed by atoms with Crippen molar-refractivity contribution in [1.82, 2.24) is 30.1 Å². The zero-order valence-electron chi connectivity index (χ0n) is 14.0. The molecular formula is C15H22N6O2. The molecule has 124 valence electrons. The Morgan fingerprint density at radius 2 is 2.26 bits per heavy atom. The minimum atomic E-state index is -0.0403. The number of aryl methyl sites for hydroxylation is 2. The molecule has 2 amide bonds. The molecule has 8 nitrogen and oxygen atoms in total. The van der Waals surface area contributed by atoms with E-state index >= 15 is 0 Å². The van der Waals surface area contributed by atoms with Crippen molar-refractivity contribution in [2.75, 3.05) is 6.54 Å². The fourth-order valence-corrected chi connectivity index (χ4v) is 2.73. The third-order valence-corrected chi connectivity index (χ3v) is 4.24. The van der Waals surface area contributed by atoms with Crippen LogP contribution in [-0.4, -0.2) is 43.4 Å². The van der Waals surface area contributed by atoms with Gasteiger partial charge >= 0.3 is 6.03 Å². The molecule has 2 aromatic rings. The Morgan fingerprint density at radius 3 is 2.91 bits per heavy atom. The number of hydrogen-bond acceptors (Lipinski definition) is 5. The number of carbonyl (C=O) groups is 1. The first kappa shape index (κ1) is 15.5. The van der Waals surface area contributed by atoms with E-state index in [-0.39, 0.29) is 12.1 Å². The highest BCUT2D eigenvalue weighted by molar-refractivity contribution is 5.75. The molecule has 23 heavy (non-hydrogen) atoms. The van der Waals surface area contributed by atoms with E-state index in [1.165, 1.54) is 0 Å². The molecule has 8 heteroatoms. The SMILES string of the molecule is CCC(C)NC(=O)N1CCc2c(c(-c3nc(C)no3)nn2C)C1. The summed E-state index contributed by atoms with van der Waals surface area (Å²) in [6.45, 7) is 7.01. The molecule has 0 fully saturated rings. The van der Waals surface area contributed by atoms with Gasteiger partial charge in [0.15, 0.2) is 11.5 Å². The number of nitrogens with one attached hydrogen (secondary N) is 1. The summed E-state index contributed by atoms with van der Waals surface area (Å²) >= 11 is 0. The van der Waals surface area contributed by atoms with Crippen molar-refractivity contribution < 1.29 is 9.32 Å². The number of rotatable bonds is 3. The van der Waals surface area contributed by atoms with Crippen molar-refractivity contribution >= 4 is 6.03 Å². The van der Waals surface area contributed by atoms with Crippen LogP contribution in [0.3, 0.4) is 0 Å². The maximum absolute atomic E-state index is 12.4. The molecule has 3 rings (SSSR count). The van der Waals surface area contributed by atoms with Crippen LogP contribution in [0.2, 0.25) is 0 Å². The van der Waals surface area contributed by atoms with Gasteiger partial charge in [0.25, 0.3) is 5.89 Å². The Morgan fingerprint density at radius 1 is 1.48 bits per heavy atom. The molecule has 0 spiro atoms. The first-order chi connectivity index (χ1) is 11.0. The number of fused-ring (bicyclic) bond motifs is 1. The summed E-state index contributed by atoms with van der Waals surface area (Å²) in [5.74, 6) is 0.977. The molecule has 0 saturated heterocycles. The van der Waals surface area contributed by atoms with Gasteiger partial charge in [-0.1, -0.05) is 12.1 Å². The van der Waals surface area contributed by atoms with E-state index in [2.05, 4.69) is 27.5 Å². The van der Waals surface area contributed by atoms with Gasteiger partial charge in [-0.3, -0.25) is 4.68 Å². The summed E-state index contributed by atoms with van der Waals surface area (Å²) in [6.07, 6.45) is 1.67. The predicted molar refractivity (Wildman–Crippen MR) is 83.6 cm³/mol. The summed E-state index contributed by atoms with van der Waals surface area (Å²) in [6, 6.07) is 0.123. The lowest BCUT2D eigenvalue weighted by Crippen LogP contribution is -2.45. The fraction of sp³-hybridized carbons (Fsp3) is 0.600. The molecule has 0 aromatic carbocycles. The standard InChI is InChI=1S/C15H22N6O2/c1-5-9(2)16-15(22)21-7-6-12-11(8-21)13(18-20(12)4)14-17-10(3)19-23-14/h9H,5-8H2,1-4H3,(H,16,22). The maximum atomic E-state index is 12.4. The Hall–Kier alpha value is -2.38. The van der Waals surface area contributed by atoms with Gasteiger partial charge in [0.1, 0.15) is 0 Å². The maximum Gasteiger partial charge on any atom is 0.317 e. The van der Waals surface area contributed by atoms with Crippen LogP contribution in [-0.2, 0) is 20.0 Å². The van der Waals surface area contributed by atoms with E-state index in [1.807, 2.05) is 23.6 Å². The largest absolute Gasteiger partial charge is 0.336 e. The first-order valence-electron chi connectivity index (χ1n) is 7.90. The van der Waals surface area contributed by atoms with Gasteiger partial charge in [-0.2, -0.15) is 10.1 Å². The van der Waals surface area contributed by atoms with Gasteiger partial charge < -0.3 is 14.7 Å². The number of nitrogens with zero attached hydrogens (tertiary/aromatic N) is 5. The van der Waals surface area contributed by atoms with Crippen LogP contribution < -0.4 is 5.32 Å². The van der Waals surface area contributed by atoms with Gasteiger partial charge in [-0.15, -0.1) is 0 Å². The van der Waals surface area contributed by atoms with Gasteiger partial charge in [0, 0.05) is 37.3 Å². The molecule has 0 radical (unpaired) electrons. The highest BCUT2D eigenvalue weighted by atomic mass is 16.5. The zero-order valence-corrected chi connectivity index (χ0v) is 14.0. The molecule has 1 aliphatic rings. The van der Waals surface area contributed by atoms with Crippen LogP contribution in [0.1, 0.15) is 37.4 Å². The van der Waals surface area contributed by atoms with Crippen molar-refractivity contribution in [2.45, 2.75) is 46.2 Å². The summed E-state index contributed by atoms with van der Waals surface area (Å²) < 4.78 is 7.09. The Bertz CT molecular complexity index is 720. The number of hydrogen-bond donors (Lipinski definition) is 1. The van der Waals surface area contributed by atoms with E-state index in [9.17, 15) is 4.79 Å². The molecule has 0 bridgehead atoms. The molecule has 1 atom stereocenters. The molecule has 1 aliphatic heterocycles.